The minimum absolute atomic E-state index is 0.104. The Morgan fingerprint density at radius 1 is 1.03 bits per heavy atom. The van der Waals surface area contributed by atoms with Gasteiger partial charge >= 0.3 is 0 Å². The lowest BCUT2D eigenvalue weighted by Gasteiger charge is -2.22. The minimum atomic E-state index is -3.93. The summed E-state index contributed by atoms with van der Waals surface area (Å²) in [5, 5.41) is 2.91. The zero-order valence-electron chi connectivity index (χ0n) is 17.0. The summed E-state index contributed by atoms with van der Waals surface area (Å²) in [4.78, 5) is 25.0. The van der Waals surface area contributed by atoms with Crippen molar-refractivity contribution in [3.8, 4) is 0 Å². The van der Waals surface area contributed by atoms with Crippen molar-refractivity contribution >= 4 is 21.8 Å². The maximum absolute atomic E-state index is 12.7. The zero-order valence-corrected chi connectivity index (χ0v) is 17.9. The molecule has 0 spiro atoms. The van der Waals surface area contributed by atoms with Gasteiger partial charge < -0.3 is 5.32 Å². The van der Waals surface area contributed by atoms with Gasteiger partial charge in [-0.05, 0) is 43.5 Å². The Kier molecular flexibility index (Phi) is 5.80. The number of carbonyl (C=O) groups excluding carboxylic acids is 2. The minimum Gasteiger partial charge on any atom is -0.351 e. The van der Waals surface area contributed by atoms with E-state index in [1.54, 1.807) is 13.8 Å². The third-order valence-corrected chi connectivity index (χ3v) is 7.19. The van der Waals surface area contributed by atoms with Gasteiger partial charge in [-0.3, -0.25) is 9.59 Å². The van der Waals surface area contributed by atoms with Crippen LogP contribution in [0.5, 0.6) is 0 Å². The summed E-state index contributed by atoms with van der Waals surface area (Å²) in [6.07, 6.45) is 0. The predicted octanol–water partition coefficient (Wildman–Crippen LogP) is 3.41. The second-order valence-corrected chi connectivity index (χ2v) is 9.67. The third-order valence-electron chi connectivity index (χ3n) is 5.20. The number of sulfonamides is 1. The lowest BCUT2D eigenvalue weighted by atomic mass is 9.88. The lowest BCUT2D eigenvalue weighted by molar-refractivity contribution is 0.0845. The standard InChI is InChI=1S/C22H26N2O4S/c1-14(2)19(16-8-6-5-7-9-16)13-23-21(25)17-10-11-18-20(12-17)29(27,28)24(15(3)4)22(18)26/h5-12,14-15,19H,13H2,1-4H3,(H,23,25). The molecule has 0 saturated heterocycles. The van der Waals surface area contributed by atoms with Gasteiger partial charge in [-0.2, -0.15) is 0 Å². The van der Waals surface area contributed by atoms with E-state index < -0.39 is 22.0 Å². The van der Waals surface area contributed by atoms with Gasteiger partial charge in [-0.15, -0.1) is 0 Å². The number of hydrogen-bond donors (Lipinski definition) is 1. The van der Waals surface area contributed by atoms with Crippen LogP contribution in [0.25, 0.3) is 0 Å². The number of fused-ring (bicyclic) bond motifs is 1. The van der Waals surface area contributed by atoms with Crippen LogP contribution in [0, 0.1) is 5.92 Å². The first kappa shape index (κ1) is 21.0. The average molecular weight is 415 g/mol. The first-order chi connectivity index (χ1) is 13.6. The molecule has 1 N–H and O–H groups in total. The molecule has 0 saturated carbocycles. The van der Waals surface area contributed by atoms with Crippen LogP contribution in [-0.2, 0) is 10.0 Å². The van der Waals surface area contributed by atoms with Crippen LogP contribution in [0.15, 0.2) is 53.4 Å². The molecule has 2 amide bonds. The van der Waals surface area contributed by atoms with Gasteiger partial charge in [-0.1, -0.05) is 44.2 Å². The molecule has 0 aliphatic carbocycles. The Bertz CT molecular complexity index is 1030. The smallest absolute Gasteiger partial charge is 0.269 e. The van der Waals surface area contributed by atoms with Crippen molar-refractivity contribution in [3.05, 3.63) is 65.2 Å². The van der Waals surface area contributed by atoms with Crippen molar-refractivity contribution in [1.29, 1.82) is 0 Å². The fraction of sp³-hybridized carbons (Fsp3) is 0.364. The van der Waals surface area contributed by atoms with Crippen LogP contribution in [0.4, 0.5) is 0 Å². The van der Waals surface area contributed by atoms with E-state index in [-0.39, 0.29) is 27.8 Å². The summed E-state index contributed by atoms with van der Waals surface area (Å²) in [6.45, 7) is 7.91. The van der Waals surface area contributed by atoms with Crippen LogP contribution in [0.3, 0.4) is 0 Å². The molecule has 3 rings (SSSR count). The molecule has 1 aliphatic rings. The molecular weight excluding hydrogens is 388 g/mol. The monoisotopic (exact) mass is 414 g/mol. The van der Waals surface area contributed by atoms with E-state index in [0.717, 1.165) is 9.87 Å². The number of amides is 2. The van der Waals surface area contributed by atoms with E-state index in [2.05, 4.69) is 19.2 Å². The van der Waals surface area contributed by atoms with Crippen LogP contribution < -0.4 is 5.32 Å². The second-order valence-electron chi connectivity index (χ2n) is 7.88. The highest BCUT2D eigenvalue weighted by molar-refractivity contribution is 7.90. The average Bonchev–Trinajstić information content (AvgIpc) is 2.87. The van der Waals surface area contributed by atoms with E-state index in [1.165, 1.54) is 18.2 Å². The van der Waals surface area contributed by atoms with Crippen LogP contribution in [0.2, 0.25) is 0 Å². The van der Waals surface area contributed by atoms with Crippen molar-refractivity contribution < 1.29 is 18.0 Å². The number of benzene rings is 2. The number of nitrogens with zero attached hydrogens (tertiary/aromatic N) is 1. The van der Waals surface area contributed by atoms with Gasteiger partial charge in [0.25, 0.3) is 21.8 Å². The Hall–Kier alpha value is -2.67. The van der Waals surface area contributed by atoms with Crippen molar-refractivity contribution in [1.82, 2.24) is 9.62 Å². The lowest BCUT2D eigenvalue weighted by Crippen LogP contribution is -2.36. The normalized spacial score (nSPS) is 16.2. The topological polar surface area (TPSA) is 83.6 Å². The number of hydrogen-bond acceptors (Lipinski definition) is 4. The van der Waals surface area contributed by atoms with E-state index >= 15 is 0 Å². The van der Waals surface area contributed by atoms with Gasteiger partial charge in [0.1, 0.15) is 4.90 Å². The molecule has 7 heteroatoms. The second kappa shape index (κ2) is 7.99. The summed E-state index contributed by atoms with van der Waals surface area (Å²) < 4.78 is 26.3. The quantitative estimate of drug-likeness (QED) is 0.785. The SMILES string of the molecule is CC(C)C(CNC(=O)c1ccc2c(c1)S(=O)(=O)N(C(C)C)C2=O)c1ccccc1. The summed E-state index contributed by atoms with van der Waals surface area (Å²) in [6, 6.07) is 13.7. The van der Waals surface area contributed by atoms with Gasteiger partial charge in [-0.25, -0.2) is 12.7 Å². The Balaban J connectivity index is 1.82. The van der Waals surface area contributed by atoms with Crippen LogP contribution in [0.1, 0.15) is 59.9 Å². The third kappa shape index (κ3) is 3.92. The van der Waals surface area contributed by atoms with Crippen LogP contribution >= 0.6 is 0 Å². The highest BCUT2D eigenvalue weighted by Gasteiger charge is 2.42. The molecule has 29 heavy (non-hydrogen) atoms. The van der Waals surface area contributed by atoms with Crippen molar-refractivity contribution in [3.63, 3.8) is 0 Å². The maximum atomic E-state index is 12.7. The molecule has 1 aliphatic heterocycles. The molecular formula is C22H26N2O4S. The summed E-state index contributed by atoms with van der Waals surface area (Å²) in [5.74, 6) is -0.461. The number of nitrogens with one attached hydrogen (secondary N) is 1. The fourth-order valence-electron chi connectivity index (χ4n) is 3.64. The van der Waals surface area contributed by atoms with Crippen molar-refractivity contribution in [2.75, 3.05) is 6.54 Å². The molecule has 1 atom stereocenters. The molecule has 0 fully saturated rings. The van der Waals surface area contributed by atoms with Crippen molar-refractivity contribution in [2.45, 2.75) is 44.6 Å². The summed E-state index contributed by atoms with van der Waals surface area (Å²) in [7, 11) is -3.93. The molecule has 2 aromatic carbocycles. The van der Waals surface area contributed by atoms with Gasteiger partial charge in [0, 0.05) is 24.1 Å². The molecule has 6 nitrogen and oxygen atoms in total. The zero-order chi connectivity index (χ0) is 21.3. The highest BCUT2D eigenvalue weighted by Crippen LogP contribution is 2.32. The Morgan fingerprint density at radius 3 is 2.28 bits per heavy atom. The van der Waals surface area contributed by atoms with Crippen molar-refractivity contribution in [2.24, 2.45) is 5.92 Å². The van der Waals surface area contributed by atoms with E-state index in [0.29, 0.717) is 12.5 Å². The van der Waals surface area contributed by atoms with Gasteiger partial charge in [0.15, 0.2) is 0 Å². The van der Waals surface area contributed by atoms with Crippen LogP contribution in [-0.4, -0.2) is 37.1 Å². The summed E-state index contributed by atoms with van der Waals surface area (Å²) in [5.41, 5.74) is 1.47. The molecule has 2 aromatic rings. The Labute approximate surface area is 172 Å². The first-order valence-corrected chi connectivity index (χ1v) is 11.1. The summed E-state index contributed by atoms with van der Waals surface area (Å²) >= 11 is 0. The van der Waals surface area contributed by atoms with E-state index in [1.807, 2.05) is 30.3 Å². The first-order valence-electron chi connectivity index (χ1n) is 9.70. The molecule has 0 aromatic heterocycles. The molecule has 1 unspecified atom stereocenters. The van der Waals surface area contributed by atoms with E-state index in [4.69, 9.17) is 0 Å². The maximum Gasteiger partial charge on any atom is 0.269 e. The fourth-order valence-corrected chi connectivity index (χ4v) is 5.44. The van der Waals surface area contributed by atoms with E-state index in [9.17, 15) is 18.0 Å². The molecule has 154 valence electrons. The number of rotatable bonds is 6. The molecule has 0 bridgehead atoms. The largest absolute Gasteiger partial charge is 0.351 e. The molecule has 1 heterocycles. The van der Waals surface area contributed by atoms with Gasteiger partial charge in [0.2, 0.25) is 0 Å². The number of carbonyl (C=O) groups is 2. The highest BCUT2D eigenvalue weighted by atomic mass is 32.2. The van der Waals surface area contributed by atoms with Gasteiger partial charge in [0.05, 0.1) is 5.56 Å². The molecule has 0 radical (unpaired) electrons. The Morgan fingerprint density at radius 2 is 1.69 bits per heavy atom. The predicted molar refractivity (Wildman–Crippen MR) is 111 cm³/mol.